The molecule has 7 nitrogen and oxygen atoms in total. The van der Waals surface area contributed by atoms with Crippen LogP contribution < -0.4 is 15.6 Å². The van der Waals surface area contributed by atoms with Gasteiger partial charge in [-0.15, -0.1) is 0 Å². The first kappa shape index (κ1) is 19.2. The number of hydrogen-bond donors (Lipinski definition) is 1. The predicted octanol–water partition coefficient (Wildman–Crippen LogP) is 3.30. The molecule has 0 radical (unpaired) electrons. The minimum absolute atomic E-state index is 0.260. The van der Waals surface area contributed by atoms with Gasteiger partial charge in [-0.1, -0.05) is 15.9 Å². The van der Waals surface area contributed by atoms with Crippen molar-refractivity contribution >= 4 is 38.5 Å². The molecule has 29 heavy (non-hydrogen) atoms. The van der Waals surface area contributed by atoms with E-state index in [0.717, 1.165) is 15.6 Å². The standard InChI is InChI=1S/C21H19BrN4O3/c1-13(20(27)24-12-14-11-15(22)7-8-18(14)29-2)26-19-16(5-3-9-23-19)25-10-4-6-17(25)21(26)28/h3-11,13H,12H2,1-2H3,(H,24,27). The molecule has 1 aromatic carbocycles. The number of benzene rings is 1. The van der Waals surface area contributed by atoms with Crippen LogP contribution in [-0.2, 0) is 11.3 Å². The molecule has 0 aliphatic carbocycles. The number of pyridine rings is 1. The smallest absolute Gasteiger partial charge is 0.277 e. The monoisotopic (exact) mass is 454 g/mol. The number of methoxy groups -OCH3 is 1. The van der Waals surface area contributed by atoms with E-state index in [-0.39, 0.29) is 18.0 Å². The van der Waals surface area contributed by atoms with E-state index < -0.39 is 6.04 Å². The fraction of sp³-hybridized carbons (Fsp3) is 0.190. The van der Waals surface area contributed by atoms with E-state index in [9.17, 15) is 9.59 Å². The molecule has 0 saturated carbocycles. The SMILES string of the molecule is COc1ccc(Br)cc1CNC(=O)C(C)n1c(=O)c2cccn2c2cccnc21. The lowest BCUT2D eigenvalue weighted by Crippen LogP contribution is -2.36. The van der Waals surface area contributed by atoms with Crippen LogP contribution in [0.5, 0.6) is 5.75 Å². The molecule has 1 unspecified atom stereocenters. The number of hydrogen-bond acceptors (Lipinski definition) is 4. The van der Waals surface area contributed by atoms with Crippen molar-refractivity contribution in [3.63, 3.8) is 0 Å². The van der Waals surface area contributed by atoms with E-state index in [2.05, 4.69) is 26.2 Å². The van der Waals surface area contributed by atoms with Crippen molar-refractivity contribution < 1.29 is 9.53 Å². The van der Waals surface area contributed by atoms with Gasteiger partial charge in [0.25, 0.3) is 5.56 Å². The maximum absolute atomic E-state index is 13.1. The number of nitrogens with one attached hydrogen (secondary N) is 1. The minimum atomic E-state index is -0.738. The highest BCUT2D eigenvalue weighted by molar-refractivity contribution is 9.10. The summed E-state index contributed by atoms with van der Waals surface area (Å²) in [5, 5.41) is 2.90. The van der Waals surface area contributed by atoms with E-state index in [1.807, 2.05) is 30.5 Å². The molecular weight excluding hydrogens is 436 g/mol. The van der Waals surface area contributed by atoms with Gasteiger partial charge < -0.3 is 14.5 Å². The zero-order valence-electron chi connectivity index (χ0n) is 15.9. The zero-order valence-corrected chi connectivity index (χ0v) is 17.5. The van der Waals surface area contributed by atoms with Crippen LogP contribution >= 0.6 is 15.9 Å². The Labute approximate surface area is 175 Å². The molecule has 4 aromatic rings. The fourth-order valence-corrected chi connectivity index (χ4v) is 3.85. The lowest BCUT2D eigenvalue weighted by molar-refractivity contribution is -0.124. The highest BCUT2D eigenvalue weighted by Gasteiger charge is 2.21. The van der Waals surface area contributed by atoms with Crippen molar-refractivity contribution in [1.29, 1.82) is 0 Å². The quantitative estimate of drug-likeness (QED) is 0.501. The first-order chi connectivity index (χ1) is 14.0. The van der Waals surface area contributed by atoms with Gasteiger partial charge in [-0.05, 0) is 49.4 Å². The van der Waals surface area contributed by atoms with Crippen molar-refractivity contribution in [3.05, 3.63) is 75.2 Å². The van der Waals surface area contributed by atoms with Gasteiger partial charge in [-0.2, -0.15) is 0 Å². The first-order valence-electron chi connectivity index (χ1n) is 9.07. The Morgan fingerprint density at radius 3 is 2.83 bits per heavy atom. The topological polar surface area (TPSA) is 77.6 Å². The Balaban J connectivity index is 1.69. The van der Waals surface area contributed by atoms with E-state index in [4.69, 9.17) is 4.74 Å². The van der Waals surface area contributed by atoms with Crippen LogP contribution in [0.15, 0.2) is 64.1 Å². The van der Waals surface area contributed by atoms with Gasteiger partial charge in [0.1, 0.15) is 17.3 Å². The average Bonchev–Trinajstić information content (AvgIpc) is 3.23. The second-order valence-electron chi connectivity index (χ2n) is 6.63. The molecule has 0 aliphatic heterocycles. The Bertz CT molecular complexity index is 1280. The third-order valence-corrected chi connectivity index (χ3v) is 5.40. The van der Waals surface area contributed by atoms with Crippen LogP contribution in [0.25, 0.3) is 16.7 Å². The Morgan fingerprint density at radius 1 is 1.24 bits per heavy atom. The Kier molecular flexibility index (Phi) is 5.10. The number of ether oxygens (including phenoxy) is 1. The normalized spacial score (nSPS) is 12.2. The van der Waals surface area contributed by atoms with E-state index in [1.165, 1.54) is 4.57 Å². The summed E-state index contributed by atoms with van der Waals surface area (Å²) < 4.78 is 9.48. The second kappa shape index (κ2) is 7.71. The Hall–Kier alpha value is -3.13. The number of aromatic nitrogens is 3. The van der Waals surface area contributed by atoms with Gasteiger partial charge in [0.2, 0.25) is 5.91 Å². The second-order valence-corrected chi connectivity index (χ2v) is 7.55. The molecule has 0 bridgehead atoms. The molecule has 3 aromatic heterocycles. The number of nitrogens with zero attached hydrogens (tertiary/aromatic N) is 3. The number of halogens is 1. The summed E-state index contributed by atoms with van der Waals surface area (Å²) in [5.41, 5.74) is 2.30. The van der Waals surface area contributed by atoms with Crippen molar-refractivity contribution in [3.8, 4) is 5.75 Å². The number of amides is 1. The van der Waals surface area contributed by atoms with Crippen molar-refractivity contribution in [2.75, 3.05) is 7.11 Å². The molecule has 0 saturated heterocycles. The predicted molar refractivity (Wildman–Crippen MR) is 114 cm³/mol. The molecule has 1 amide bonds. The molecule has 0 fully saturated rings. The highest BCUT2D eigenvalue weighted by Crippen LogP contribution is 2.23. The minimum Gasteiger partial charge on any atom is -0.496 e. The van der Waals surface area contributed by atoms with Gasteiger partial charge in [0.15, 0.2) is 5.65 Å². The van der Waals surface area contributed by atoms with Crippen LogP contribution in [0.4, 0.5) is 0 Å². The molecular formula is C21H19BrN4O3. The maximum atomic E-state index is 13.1. The summed E-state index contributed by atoms with van der Waals surface area (Å²) >= 11 is 3.43. The van der Waals surface area contributed by atoms with Crippen molar-refractivity contribution in [2.24, 2.45) is 0 Å². The zero-order chi connectivity index (χ0) is 20.5. The molecule has 1 N–H and O–H groups in total. The highest BCUT2D eigenvalue weighted by atomic mass is 79.9. The molecule has 0 aliphatic rings. The number of carbonyl (C=O) groups is 1. The van der Waals surface area contributed by atoms with Crippen LogP contribution in [0.2, 0.25) is 0 Å². The molecule has 4 rings (SSSR count). The largest absolute Gasteiger partial charge is 0.496 e. The van der Waals surface area contributed by atoms with E-state index >= 15 is 0 Å². The average molecular weight is 455 g/mol. The van der Waals surface area contributed by atoms with Gasteiger partial charge in [-0.25, -0.2) is 4.98 Å². The van der Waals surface area contributed by atoms with Crippen LogP contribution in [0, 0.1) is 0 Å². The summed E-state index contributed by atoms with van der Waals surface area (Å²) in [7, 11) is 1.58. The number of carbonyl (C=O) groups excluding carboxylic acids is 1. The third-order valence-electron chi connectivity index (χ3n) is 4.90. The van der Waals surface area contributed by atoms with Gasteiger partial charge >= 0.3 is 0 Å². The third kappa shape index (κ3) is 3.40. The summed E-state index contributed by atoms with van der Waals surface area (Å²) in [4.78, 5) is 30.3. The fourth-order valence-electron chi connectivity index (χ4n) is 3.44. The van der Waals surface area contributed by atoms with Crippen LogP contribution in [-0.4, -0.2) is 27.0 Å². The molecule has 8 heteroatoms. The molecule has 0 spiro atoms. The van der Waals surface area contributed by atoms with E-state index in [1.54, 1.807) is 42.8 Å². The van der Waals surface area contributed by atoms with Gasteiger partial charge in [0.05, 0.1) is 12.6 Å². The summed E-state index contributed by atoms with van der Waals surface area (Å²) in [6.07, 6.45) is 3.43. The Morgan fingerprint density at radius 2 is 2.03 bits per heavy atom. The summed E-state index contributed by atoms with van der Waals surface area (Å²) in [5.74, 6) is 0.400. The lowest BCUT2D eigenvalue weighted by Gasteiger charge is -2.18. The van der Waals surface area contributed by atoms with Crippen LogP contribution in [0.1, 0.15) is 18.5 Å². The van der Waals surface area contributed by atoms with Crippen LogP contribution in [0.3, 0.4) is 0 Å². The summed E-state index contributed by atoms with van der Waals surface area (Å²) in [6.45, 7) is 1.97. The molecule has 148 valence electrons. The molecule has 1 atom stereocenters. The van der Waals surface area contributed by atoms with E-state index in [0.29, 0.717) is 16.9 Å². The number of rotatable bonds is 5. The summed E-state index contributed by atoms with van der Waals surface area (Å²) in [6, 6.07) is 12.1. The number of fused-ring (bicyclic) bond motifs is 3. The van der Waals surface area contributed by atoms with Gasteiger partial charge in [-0.3, -0.25) is 14.2 Å². The first-order valence-corrected chi connectivity index (χ1v) is 9.87. The van der Waals surface area contributed by atoms with Gasteiger partial charge in [0, 0.05) is 29.0 Å². The maximum Gasteiger partial charge on any atom is 0.277 e. The molecule has 3 heterocycles. The van der Waals surface area contributed by atoms with Crippen molar-refractivity contribution in [1.82, 2.24) is 19.3 Å². The lowest BCUT2D eigenvalue weighted by atomic mass is 10.2. The van der Waals surface area contributed by atoms with Crippen molar-refractivity contribution in [2.45, 2.75) is 19.5 Å².